The highest BCUT2D eigenvalue weighted by molar-refractivity contribution is 5.49. The Bertz CT molecular complexity index is 444. The molecule has 0 saturated carbocycles. The SMILES string of the molecule is CC1CC(C)C(C)N(c2ccc(CNC(C)(C)C)cc2)C1. The molecule has 118 valence electrons. The minimum atomic E-state index is 0.172. The van der Waals surface area contributed by atoms with Crippen molar-refractivity contribution in [3.63, 3.8) is 0 Å². The van der Waals surface area contributed by atoms with Crippen molar-refractivity contribution in [3.8, 4) is 0 Å². The minimum absolute atomic E-state index is 0.172. The van der Waals surface area contributed by atoms with Gasteiger partial charge in [0.05, 0.1) is 0 Å². The fourth-order valence-electron chi connectivity index (χ4n) is 3.23. The Morgan fingerprint density at radius 1 is 1.10 bits per heavy atom. The van der Waals surface area contributed by atoms with Gasteiger partial charge in [-0.3, -0.25) is 0 Å². The van der Waals surface area contributed by atoms with Crippen LogP contribution < -0.4 is 10.2 Å². The van der Waals surface area contributed by atoms with Crippen LogP contribution in [0.2, 0.25) is 0 Å². The van der Waals surface area contributed by atoms with Gasteiger partial charge in [-0.15, -0.1) is 0 Å². The molecular formula is C19H32N2. The summed E-state index contributed by atoms with van der Waals surface area (Å²) in [5.74, 6) is 1.56. The van der Waals surface area contributed by atoms with Gasteiger partial charge in [0.2, 0.25) is 0 Å². The van der Waals surface area contributed by atoms with Crippen LogP contribution in [-0.2, 0) is 6.54 Å². The topological polar surface area (TPSA) is 15.3 Å². The molecule has 1 fully saturated rings. The fraction of sp³-hybridized carbons (Fsp3) is 0.684. The summed E-state index contributed by atoms with van der Waals surface area (Å²) in [5.41, 5.74) is 2.91. The maximum atomic E-state index is 3.55. The fourth-order valence-corrected chi connectivity index (χ4v) is 3.23. The van der Waals surface area contributed by atoms with Crippen LogP contribution in [-0.4, -0.2) is 18.1 Å². The smallest absolute Gasteiger partial charge is 0.0368 e. The lowest BCUT2D eigenvalue weighted by molar-refractivity contribution is 0.297. The van der Waals surface area contributed by atoms with Crippen molar-refractivity contribution in [2.45, 2.75) is 66.1 Å². The Kier molecular flexibility index (Phi) is 4.98. The van der Waals surface area contributed by atoms with Crippen molar-refractivity contribution in [2.24, 2.45) is 11.8 Å². The van der Waals surface area contributed by atoms with Gasteiger partial charge in [-0.1, -0.05) is 26.0 Å². The molecule has 2 heteroatoms. The summed E-state index contributed by atoms with van der Waals surface area (Å²) in [6.07, 6.45) is 1.35. The van der Waals surface area contributed by atoms with Gasteiger partial charge in [-0.2, -0.15) is 0 Å². The third-order valence-corrected chi connectivity index (χ3v) is 4.69. The molecule has 0 aromatic heterocycles. The second-order valence-electron chi connectivity index (χ2n) is 7.98. The first kappa shape index (κ1) is 16.4. The van der Waals surface area contributed by atoms with Crippen LogP contribution in [0.3, 0.4) is 0 Å². The molecule has 0 bridgehead atoms. The average molecular weight is 288 g/mol. The summed E-state index contributed by atoms with van der Waals surface area (Å²) < 4.78 is 0. The van der Waals surface area contributed by atoms with Gasteiger partial charge < -0.3 is 10.2 Å². The highest BCUT2D eigenvalue weighted by Crippen LogP contribution is 2.31. The zero-order valence-electron chi connectivity index (χ0n) is 14.6. The molecule has 0 aliphatic carbocycles. The van der Waals surface area contributed by atoms with Crippen LogP contribution in [0.4, 0.5) is 5.69 Å². The third-order valence-electron chi connectivity index (χ3n) is 4.69. The first-order valence-corrected chi connectivity index (χ1v) is 8.37. The van der Waals surface area contributed by atoms with Crippen LogP contribution in [0.1, 0.15) is 53.5 Å². The van der Waals surface area contributed by atoms with E-state index in [9.17, 15) is 0 Å². The highest BCUT2D eigenvalue weighted by Gasteiger charge is 2.28. The summed E-state index contributed by atoms with van der Waals surface area (Å²) in [6, 6.07) is 9.76. The lowest BCUT2D eigenvalue weighted by atomic mass is 9.85. The summed E-state index contributed by atoms with van der Waals surface area (Å²) >= 11 is 0. The summed E-state index contributed by atoms with van der Waals surface area (Å²) in [6.45, 7) is 15.9. The van der Waals surface area contributed by atoms with Crippen molar-refractivity contribution in [1.82, 2.24) is 5.32 Å². The normalized spacial score (nSPS) is 27.0. The number of piperidine rings is 1. The molecule has 1 saturated heterocycles. The van der Waals surface area contributed by atoms with Gasteiger partial charge in [0, 0.05) is 30.4 Å². The Morgan fingerprint density at radius 2 is 1.71 bits per heavy atom. The Morgan fingerprint density at radius 3 is 2.29 bits per heavy atom. The molecule has 3 atom stereocenters. The van der Waals surface area contributed by atoms with Gasteiger partial charge in [0.1, 0.15) is 0 Å². The van der Waals surface area contributed by atoms with Crippen LogP contribution in [0.15, 0.2) is 24.3 Å². The Hall–Kier alpha value is -1.02. The molecule has 3 unspecified atom stereocenters. The molecule has 0 spiro atoms. The van der Waals surface area contributed by atoms with Crippen molar-refractivity contribution in [1.29, 1.82) is 0 Å². The van der Waals surface area contributed by atoms with E-state index in [1.165, 1.54) is 24.2 Å². The standard InChI is InChI=1S/C19H32N2/c1-14-11-15(2)16(3)21(13-14)18-9-7-17(8-10-18)12-20-19(4,5)6/h7-10,14-16,20H,11-13H2,1-6H3. The van der Waals surface area contributed by atoms with E-state index in [1.54, 1.807) is 0 Å². The highest BCUT2D eigenvalue weighted by atomic mass is 15.2. The second kappa shape index (κ2) is 6.39. The quantitative estimate of drug-likeness (QED) is 0.884. The molecular weight excluding hydrogens is 256 g/mol. The molecule has 1 aliphatic rings. The number of anilines is 1. The van der Waals surface area contributed by atoms with E-state index in [0.29, 0.717) is 6.04 Å². The van der Waals surface area contributed by atoms with Crippen LogP contribution in [0.5, 0.6) is 0 Å². The molecule has 21 heavy (non-hydrogen) atoms. The van der Waals surface area contributed by atoms with Crippen LogP contribution >= 0.6 is 0 Å². The largest absolute Gasteiger partial charge is 0.368 e. The third kappa shape index (κ3) is 4.47. The molecule has 1 heterocycles. The summed E-state index contributed by atoms with van der Waals surface area (Å²) in [5, 5.41) is 3.55. The minimum Gasteiger partial charge on any atom is -0.368 e. The van der Waals surface area contributed by atoms with Gasteiger partial charge in [0.25, 0.3) is 0 Å². The van der Waals surface area contributed by atoms with Crippen LogP contribution in [0.25, 0.3) is 0 Å². The van der Waals surface area contributed by atoms with Gasteiger partial charge >= 0.3 is 0 Å². The molecule has 1 aliphatic heterocycles. The van der Waals surface area contributed by atoms with E-state index in [1.807, 2.05) is 0 Å². The lowest BCUT2D eigenvalue weighted by Crippen LogP contribution is -2.45. The first-order chi connectivity index (χ1) is 9.76. The number of nitrogens with one attached hydrogen (secondary N) is 1. The van der Waals surface area contributed by atoms with Crippen LogP contribution in [0, 0.1) is 11.8 Å². The molecule has 1 aromatic rings. The van der Waals surface area contributed by atoms with E-state index in [-0.39, 0.29) is 5.54 Å². The summed E-state index contributed by atoms with van der Waals surface area (Å²) in [7, 11) is 0. The van der Waals surface area contributed by atoms with Crippen molar-refractivity contribution < 1.29 is 0 Å². The molecule has 1 N–H and O–H groups in total. The number of nitrogens with zero attached hydrogens (tertiary/aromatic N) is 1. The predicted octanol–water partition coefficient (Wildman–Crippen LogP) is 4.45. The molecule has 0 radical (unpaired) electrons. The second-order valence-corrected chi connectivity index (χ2v) is 7.98. The molecule has 2 rings (SSSR count). The van der Waals surface area contributed by atoms with E-state index < -0.39 is 0 Å². The van der Waals surface area contributed by atoms with Gasteiger partial charge in [-0.25, -0.2) is 0 Å². The van der Waals surface area contributed by atoms with E-state index >= 15 is 0 Å². The number of hydrogen-bond acceptors (Lipinski definition) is 2. The first-order valence-electron chi connectivity index (χ1n) is 8.37. The van der Waals surface area contributed by atoms with Crippen molar-refractivity contribution in [3.05, 3.63) is 29.8 Å². The van der Waals surface area contributed by atoms with Gasteiger partial charge in [-0.05, 0) is 63.6 Å². The predicted molar refractivity (Wildman–Crippen MR) is 92.8 cm³/mol. The Balaban J connectivity index is 2.04. The molecule has 2 nitrogen and oxygen atoms in total. The molecule has 0 amide bonds. The monoisotopic (exact) mass is 288 g/mol. The van der Waals surface area contributed by atoms with Crippen molar-refractivity contribution >= 4 is 5.69 Å². The lowest BCUT2D eigenvalue weighted by Gasteiger charge is -2.42. The van der Waals surface area contributed by atoms with Crippen molar-refractivity contribution in [2.75, 3.05) is 11.4 Å². The summed E-state index contributed by atoms with van der Waals surface area (Å²) in [4.78, 5) is 2.58. The zero-order valence-corrected chi connectivity index (χ0v) is 14.6. The number of hydrogen-bond donors (Lipinski definition) is 1. The molecule has 1 aromatic carbocycles. The zero-order chi connectivity index (χ0) is 15.6. The Labute approximate surface area is 130 Å². The van der Waals surface area contributed by atoms with Gasteiger partial charge in [0.15, 0.2) is 0 Å². The maximum absolute atomic E-state index is 3.55. The number of rotatable bonds is 3. The maximum Gasteiger partial charge on any atom is 0.0368 e. The average Bonchev–Trinajstić information content (AvgIpc) is 2.40. The van der Waals surface area contributed by atoms with E-state index in [4.69, 9.17) is 0 Å². The van der Waals surface area contributed by atoms with E-state index in [2.05, 4.69) is 76.0 Å². The number of benzene rings is 1. The van der Waals surface area contributed by atoms with E-state index in [0.717, 1.165) is 18.4 Å².